The molecule has 0 aromatic heterocycles. The van der Waals surface area contributed by atoms with E-state index >= 15 is 0 Å². The van der Waals surface area contributed by atoms with Gasteiger partial charge in [-0.05, 0) is 36.8 Å². The SMILES string of the molecule is CSCc1ccc(C(=O)N2CCC(C(=O)c3ccccc3)CC2)cc1. The van der Waals surface area contributed by atoms with Crippen molar-refractivity contribution in [3.8, 4) is 0 Å². The molecule has 2 aromatic rings. The number of ketones is 1. The maximum absolute atomic E-state index is 12.7. The predicted octanol–water partition coefficient (Wildman–Crippen LogP) is 4.28. The number of rotatable bonds is 5. The first kappa shape index (κ1) is 17.7. The number of hydrogen-bond donors (Lipinski definition) is 0. The van der Waals surface area contributed by atoms with Crippen LogP contribution in [0, 0.1) is 5.92 Å². The zero-order valence-electron chi connectivity index (χ0n) is 14.5. The highest BCUT2D eigenvalue weighted by atomic mass is 32.2. The largest absolute Gasteiger partial charge is 0.339 e. The van der Waals surface area contributed by atoms with Crippen molar-refractivity contribution in [2.24, 2.45) is 5.92 Å². The highest BCUT2D eigenvalue weighted by Gasteiger charge is 2.28. The van der Waals surface area contributed by atoms with Crippen LogP contribution in [0.2, 0.25) is 0 Å². The molecule has 1 aliphatic rings. The molecule has 0 aliphatic carbocycles. The maximum atomic E-state index is 12.7. The van der Waals surface area contributed by atoms with Crippen molar-refractivity contribution < 1.29 is 9.59 Å². The van der Waals surface area contributed by atoms with Crippen LogP contribution < -0.4 is 0 Å². The van der Waals surface area contributed by atoms with Crippen LogP contribution >= 0.6 is 11.8 Å². The first-order valence-corrected chi connectivity index (χ1v) is 10.0. The summed E-state index contributed by atoms with van der Waals surface area (Å²) in [5.41, 5.74) is 2.74. The number of carbonyl (C=O) groups excluding carboxylic acids is 2. The number of piperidine rings is 1. The molecule has 2 aromatic carbocycles. The lowest BCUT2D eigenvalue weighted by atomic mass is 9.88. The van der Waals surface area contributed by atoms with Crippen molar-refractivity contribution in [1.82, 2.24) is 4.90 Å². The summed E-state index contributed by atoms with van der Waals surface area (Å²) in [6.45, 7) is 1.29. The molecule has 0 atom stereocenters. The van der Waals surface area contributed by atoms with E-state index in [1.807, 2.05) is 59.5 Å². The monoisotopic (exact) mass is 353 g/mol. The molecule has 1 aliphatic heterocycles. The van der Waals surface area contributed by atoms with Gasteiger partial charge in [0.2, 0.25) is 0 Å². The summed E-state index contributed by atoms with van der Waals surface area (Å²) in [7, 11) is 0. The van der Waals surface area contributed by atoms with Gasteiger partial charge < -0.3 is 4.90 Å². The van der Waals surface area contributed by atoms with E-state index in [4.69, 9.17) is 0 Å². The molecule has 3 rings (SSSR count). The zero-order chi connectivity index (χ0) is 17.6. The topological polar surface area (TPSA) is 37.4 Å². The number of benzene rings is 2. The third kappa shape index (κ3) is 4.31. The van der Waals surface area contributed by atoms with Crippen LogP contribution in [-0.4, -0.2) is 35.9 Å². The second-order valence-electron chi connectivity index (χ2n) is 6.43. The Kier molecular flexibility index (Phi) is 5.92. The van der Waals surface area contributed by atoms with Crippen LogP contribution in [0.15, 0.2) is 54.6 Å². The summed E-state index contributed by atoms with van der Waals surface area (Å²) in [5, 5.41) is 0. The summed E-state index contributed by atoms with van der Waals surface area (Å²) in [4.78, 5) is 27.1. The molecule has 0 N–H and O–H groups in total. The third-order valence-electron chi connectivity index (χ3n) is 4.72. The predicted molar refractivity (Wildman–Crippen MR) is 103 cm³/mol. The van der Waals surface area contributed by atoms with Crippen LogP contribution in [0.4, 0.5) is 0 Å². The quantitative estimate of drug-likeness (QED) is 0.753. The highest BCUT2D eigenvalue weighted by Crippen LogP contribution is 2.23. The Balaban J connectivity index is 1.58. The Bertz CT molecular complexity index is 719. The van der Waals surface area contributed by atoms with Crippen LogP contribution in [0.1, 0.15) is 39.1 Å². The fourth-order valence-electron chi connectivity index (χ4n) is 3.28. The van der Waals surface area contributed by atoms with Gasteiger partial charge in [0.15, 0.2) is 5.78 Å². The summed E-state index contributed by atoms with van der Waals surface area (Å²) in [6.07, 6.45) is 3.55. The molecule has 0 saturated carbocycles. The molecule has 130 valence electrons. The minimum Gasteiger partial charge on any atom is -0.339 e. The molecule has 0 unspecified atom stereocenters. The van der Waals surface area contributed by atoms with Gasteiger partial charge in [0, 0.05) is 35.9 Å². The van der Waals surface area contributed by atoms with Gasteiger partial charge in [-0.25, -0.2) is 0 Å². The average molecular weight is 353 g/mol. The lowest BCUT2D eigenvalue weighted by Gasteiger charge is -2.31. The molecular formula is C21H23NO2S. The van der Waals surface area contributed by atoms with E-state index in [9.17, 15) is 9.59 Å². The van der Waals surface area contributed by atoms with Crippen LogP contribution in [0.5, 0.6) is 0 Å². The van der Waals surface area contributed by atoms with Gasteiger partial charge >= 0.3 is 0 Å². The van der Waals surface area contributed by atoms with Crippen LogP contribution in [0.25, 0.3) is 0 Å². The van der Waals surface area contributed by atoms with Gasteiger partial charge in [-0.15, -0.1) is 0 Å². The first-order chi connectivity index (χ1) is 12.2. The number of amides is 1. The van der Waals surface area contributed by atoms with E-state index in [-0.39, 0.29) is 17.6 Å². The fourth-order valence-corrected chi connectivity index (χ4v) is 3.80. The second-order valence-corrected chi connectivity index (χ2v) is 7.29. The third-order valence-corrected chi connectivity index (χ3v) is 5.35. The van der Waals surface area contributed by atoms with Crippen molar-refractivity contribution in [3.05, 3.63) is 71.3 Å². The molecule has 1 saturated heterocycles. The lowest BCUT2D eigenvalue weighted by Crippen LogP contribution is -2.40. The first-order valence-electron chi connectivity index (χ1n) is 8.65. The van der Waals surface area contributed by atoms with E-state index in [2.05, 4.69) is 6.26 Å². The molecule has 25 heavy (non-hydrogen) atoms. The van der Waals surface area contributed by atoms with Gasteiger partial charge in [-0.2, -0.15) is 11.8 Å². The fraction of sp³-hybridized carbons (Fsp3) is 0.333. The molecule has 3 nitrogen and oxygen atoms in total. The summed E-state index contributed by atoms with van der Waals surface area (Å²) < 4.78 is 0. The Hall–Kier alpha value is -2.07. The second kappa shape index (κ2) is 8.34. The maximum Gasteiger partial charge on any atom is 0.253 e. The van der Waals surface area contributed by atoms with Crippen molar-refractivity contribution in [2.75, 3.05) is 19.3 Å². The van der Waals surface area contributed by atoms with Crippen LogP contribution in [-0.2, 0) is 5.75 Å². The highest BCUT2D eigenvalue weighted by molar-refractivity contribution is 7.97. The Morgan fingerprint density at radius 3 is 2.20 bits per heavy atom. The molecule has 1 heterocycles. The minimum atomic E-state index is 0.0235. The smallest absolute Gasteiger partial charge is 0.253 e. The van der Waals surface area contributed by atoms with Gasteiger partial charge in [-0.3, -0.25) is 9.59 Å². The summed E-state index contributed by atoms with van der Waals surface area (Å²) >= 11 is 1.77. The normalized spacial score (nSPS) is 15.2. The standard InChI is InChI=1S/C21H23NO2S/c1-25-15-16-7-9-19(10-8-16)21(24)22-13-11-18(12-14-22)20(23)17-5-3-2-4-6-17/h2-10,18H,11-15H2,1H3. The van der Waals surface area contributed by atoms with E-state index in [1.165, 1.54) is 5.56 Å². The molecule has 1 fully saturated rings. The van der Waals surface area contributed by atoms with E-state index in [1.54, 1.807) is 11.8 Å². The Morgan fingerprint density at radius 1 is 0.960 bits per heavy atom. The number of thioether (sulfide) groups is 1. The number of carbonyl (C=O) groups is 2. The molecule has 0 spiro atoms. The van der Waals surface area contributed by atoms with Crippen molar-refractivity contribution in [2.45, 2.75) is 18.6 Å². The van der Waals surface area contributed by atoms with E-state index < -0.39 is 0 Å². The average Bonchev–Trinajstić information content (AvgIpc) is 2.68. The number of hydrogen-bond acceptors (Lipinski definition) is 3. The molecule has 4 heteroatoms. The van der Waals surface area contributed by atoms with Gasteiger partial charge in [0.25, 0.3) is 5.91 Å². The van der Waals surface area contributed by atoms with E-state index in [0.717, 1.165) is 29.7 Å². The van der Waals surface area contributed by atoms with Crippen molar-refractivity contribution in [3.63, 3.8) is 0 Å². The van der Waals surface area contributed by atoms with Gasteiger partial charge in [0.1, 0.15) is 0 Å². The number of likely N-dealkylation sites (tertiary alicyclic amines) is 1. The molecular weight excluding hydrogens is 330 g/mol. The van der Waals surface area contributed by atoms with Gasteiger partial charge in [0.05, 0.1) is 0 Å². The Labute approximate surface area is 153 Å². The number of Topliss-reactive ketones (excluding diaryl/α,β-unsaturated/α-hetero) is 1. The lowest BCUT2D eigenvalue weighted by molar-refractivity contribution is 0.0650. The minimum absolute atomic E-state index is 0.0235. The Morgan fingerprint density at radius 2 is 1.60 bits per heavy atom. The van der Waals surface area contributed by atoms with Crippen LogP contribution in [0.3, 0.4) is 0 Å². The van der Waals surface area contributed by atoms with E-state index in [0.29, 0.717) is 13.1 Å². The van der Waals surface area contributed by atoms with Crippen molar-refractivity contribution >= 4 is 23.5 Å². The van der Waals surface area contributed by atoms with Gasteiger partial charge in [-0.1, -0.05) is 42.5 Å². The molecule has 1 amide bonds. The number of nitrogens with zero attached hydrogens (tertiary/aromatic N) is 1. The van der Waals surface area contributed by atoms with Crippen molar-refractivity contribution in [1.29, 1.82) is 0 Å². The summed E-state index contributed by atoms with van der Waals surface area (Å²) in [5.74, 6) is 1.26. The zero-order valence-corrected chi connectivity index (χ0v) is 15.3. The summed E-state index contributed by atoms with van der Waals surface area (Å²) in [6, 6.07) is 17.3. The molecule has 0 radical (unpaired) electrons. The molecule has 0 bridgehead atoms.